The minimum Gasteiger partial charge on any atom is -0.477 e. The maximum absolute atomic E-state index is 5.80. The summed E-state index contributed by atoms with van der Waals surface area (Å²) in [6, 6.07) is 9.60. The van der Waals surface area contributed by atoms with Crippen molar-refractivity contribution >= 4 is 28.1 Å². The molecule has 1 aromatic heterocycles. The van der Waals surface area contributed by atoms with Crippen LogP contribution in [0.5, 0.6) is 5.88 Å². The van der Waals surface area contributed by atoms with Crippen molar-refractivity contribution in [2.24, 2.45) is 11.7 Å². The van der Waals surface area contributed by atoms with E-state index in [4.69, 9.17) is 27.4 Å². The lowest BCUT2D eigenvalue weighted by molar-refractivity contribution is 0.165. The van der Waals surface area contributed by atoms with Crippen molar-refractivity contribution in [2.45, 2.75) is 6.42 Å². The van der Waals surface area contributed by atoms with E-state index in [2.05, 4.69) is 4.98 Å². The van der Waals surface area contributed by atoms with Crippen LogP contribution in [-0.2, 0) is 4.74 Å². The SMILES string of the molecule is NC(=S)c1cc(OCC2CCOC2)nc2ccccc12. The van der Waals surface area contributed by atoms with E-state index in [0.717, 1.165) is 36.1 Å². The Morgan fingerprint density at radius 1 is 1.45 bits per heavy atom. The lowest BCUT2D eigenvalue weighted by Crippen LogP contribution is -2.14. The molecule has 1 saturated heterocycles. The van der Waals surface area contributed by atoms with Crippen molar-refractivity contribution in [3.05, 3.63) is 35.9 Å². The molecule has 0 amide bonds. The van der Waals surface area contributed by atoms with Crippen molar-refractivity contribution in [3.8, 4) is 5.88 Å². The number of benzene rings is 1. The normalized spacial score (nSPS) is 18.3. The summed E-state index contributed by atoms with van der Waals surface area (Å²) in [6.07, 6.45) is 1.04. The Hall–Kier alpha value is -1.72. The number of thiocarbonyl (C=S) groups is 1. The van der Waals surface area contributed by atoms with Crippen LogP contribution in [0.1, 0.15) is 12.0 Å². The van der Waals surface area contributed by atoms with Gasteiger partial charge < -0.3 is 15.2 Å². The molecule has 3 rings (SSSR count). The molecule has 20 heavy (non-hydrogen) atoms. The second-order valence-corrected chi connectivity index (χ2v) is 5.37. The van der Waals surface area contributed by atoms with Crippen LogP contribution in [0.3, 0.4) is 0 Å². The molecular weight excluding hydrogens is 272 g/mol. The average molecular weight is 288 g/mol. The van der Waals surface area contributed by atoms with Crippen molar-refractivity contribution in [3.63, 3.8) is 0 Å². The Labute approximate surface area is 122 Å². The van der Waals surface area contributed by atoms with Gasteiger partial charge in [0.05, 0.1) is 18.7 Å². The molecule has 0 saturated carbocycles. The molecule has 2 heterocycles. The van der Waals surface area contributed by atoms with E-state index in [1.807, 2.05) is 30.3 Å². The predicted molar refractivity (Wildman–Crippen MR) is 82.1 cm³/mol. The van der Waals surface area contributed by atoms with E-state index in [1.165, 1.54) is 0 Å². The van der Waals surface area contributed by atoms with Gasteiger partial charge in [0, 0.05) is 29.5 Å². The van der Waals surface area contributed by atoms with Crippen LogP contribution in [0.2, 0.25) is 0 Å². The lowest BCUT2D eigenvalue weighted by Gasteiger charge is -2.12. The van der Waals surface area contributed by atoms with Gasteiger partial charge in [0.25, 0.3) is 0 Å². The van der Waals surface area contributed by atoms with E-state index in [9.17, 15) is 0 Å². The Bertz CT molecular complexity index is 639. The van der Waals surface area contributed by atoms with Gasteiger partial charge in [0.2, 0.25) is 5.88 Å². The highest BCUT2D eigenvalue weighted by Gasteiger charge is 2.17. The molecule has 4 nitrogen and oxygen atoms in total. The molecule has 1 aliphatic heterocycles. The third-order valence-electron chi connectivity index (χ3n) is 3.45. The number of hydrogen-bond acceptors (Lipinski definition) is 4. The highest BCUT2D eigenvalue weighted by atomic mass is 32.1. The van der Waals surface area contributed by atoms with Gasteiger partial charge in [-0.3, -0.25) is 0 Å². The smallest absolute Gasteiger partial charge is 0.214 e. The molecular formula is C15H16N2O2S. The standard InChI is InChI=1S/C15H16N2O2S/c16-15(20)12-7-14(19-9-10-5-6-18-8-10)17-13-4-2-1-3-11(12)13/h1-4,7,10H,5-6,8-9H2,(H2,16,20). The number of nitrogens with zero attached hydrogens (tertiary/aromatic N) is 1. The van der Waals surface area contributed by atoms with Crippen LogP contribution >= 0.6 is 12.2 Å². The van der Waals surface area contributed by atoms with Gasteiger partial charge in [0.15, 0.2) is 0 Å². The van der Waals surface area contributed by atoms with Gasteiger partial charge in [-0.15, -0.1) is 0 Å². The summed E-state index contributed by atoms with van der Waals surface area (Å²) >= 11 is 5.11. The predicted octanol–water partition coefficient (Wildman–Crippen LogP) is 2.28. The second-order valence-electron chi connectivity index (χ2n) is 4.93. The van der Waals surface area contributed by atoms with Crippen LogP contribution in [0, 0.1) is 5.92 Å². The highest BCUT2D eigenvalue weighted by molar-refractivity contribution is 7.80. The van der Waals surface area contributed by atoms with E-state index >= 15 is 0 Å². The van der Waals surface area contributed by atoms with Gasteiger partial charge in [-0.25, -0.2) is 4.98 Å². The fourth-order valence-corrected chi connectivity index (χ4v) is 2.52. The molecule has 1 atom stereocenters. The molecule has 0 spiro atoms. The summed E-state index contributed by atoms with van der Waals surface area (Å²) in [6.45, 7) is 2.19. The lowest BCUT2D eigenvalue weighted by atomic mass is 10.1. The Kier molecular flexibility index (Phi) is 3.80. The molecule has 1 unspecified atom stereocenters. The monoisotopic (exact) mass is 288 g/mol. The number of fused-ring (bicyclic) bond motifs is 1. The highest BCUT2D eigenvalue weighted by Crippen LogP contribution is 2.23. The number of rotatable bonds is 4. The Balaban J connectivity index is 1.88. The fraction of sp³-hybridized carbons (Fsp3) is 0.333. The molecule has 1 fully saturated rings. The average Bonchev–Trinajstić information content (AvgIpc) is 2.97. The summed E-state index contributed by atoms with van der Waals surface area (Å²) in [5.74, 6) is 1.01. The van der Waals surface area contributed by atoms with Crippen molar-refractivity contribution < 1.29 is 9.47 Å². The number of pyridine rings is 1. The van der Waals surface area contributed by atoms with Gasteiger partial charge >= 0.3 is 0 Å². The summed E-state index contributed by atoms with van der Waals surface area (Å²) in [4.78, 5) is 4.86. The topological polar surface area (TPSA) is 57.4 Å². The summed E-state index contributed by atoms with van der Waals surface area (Å²) in [7, 11) is 0. The number of nitrogens with two attached hydrogens (primary N) is 1. The summed E-state index contributed by atoms with van der Waals surface area (Å²) in [5, 5.41) is 0.955. The Morgan fingerprint density at radius 2 is 2.30 bits per heavy atom. The van der Waals surface area contributed by atoms with Crippen LogP contribution in [-0.4, -0.2) is 29.8 Å². The first kappa shape index (κ1) is 13.3. The third-order valence-corrected chi connectivity index (χ3v) is 3.67. The largest absolute Gasteiger partial charge is 0.477 e. The number of aromatic nitrogens is 1. The zero-order chi connectivity index (χ0) is 13.9. The molecule has 1 aliphatic rings. The Morgan fingerprint density at radius 3 is 3.05 bits per heavy atom. The first-order chi connectivity index (χ1) is 9.74. The minimum absolute atomic E-state index is 0.359. The summed E-state index contributed by atoms with van der Waals surface area (Å²) in [5.41, 5.74) is 7.45. The number of ether oxygens (including phenoxy) is 2. The molecule has 5 heteroatoms. The molecule has 1 aromatic carbocycles. The van der Waals surface area contributed by atoms with Crippen molar-refractivity contribution in [1.82, 2.24) is 4.98 Å². The third kappa shape index (κ3) is 2.73. The van der Waals surface area contributed by atoms with Crippen LogP contribution in [0.4, 0.5) is 0 Å². The molecule has 0 aliphatic carbocycles. The maximum atomic E-state index is 5.80. The zero-order valence-corrected chi connectivity index (χ0v) is 11.9. The fourth-order valence-electron chi connectivity index (χ4n) is 2.35. The van der Waals surface area contributed by atoms with E-state index in [1.54, 1.807) is 0 Å². The molecule has 0 bridgehead atoms. The van der Waals surface area contributed by atoms with E-state index in [0.29, 0.717) is 23.4 Å². The molecule has 2 N–H and O–H groups in total. The van der Waals surface area contributed by atoms with Crippen LogP contribution in [0.25, 0.3) is 10.9 Å². The van der Waals surface area contributed by atoms with Gasteiger partial charge in [0.1, 0.15) is 4.99 Å². The number of para-hydroxylation sites is 1. The number of hydrogen-bond donors (Lipinski definition) is 1. The van der Waals surface area contributed by atoms with Gasteiger partial charge in [-0.05, 0) is 12.5 Å². The minimum atomic E-state index is 0.359. The van der Waals surface area contributed by atoms with E-state index in [-0.39, 0.29) is 0 Å². The van der Waals surface area contributed by atoms with Crippen LogP contribution < -0.4 is 10.5 Å². The van der Waals surface area contributed by atoms with Gasteiger partial charge in [-0.1, -0.05) is 30.4 Å². The second kappa shape index (κ2) is 5.73. The quantitative estimate of drug-likeness (QED) is 0.875. The maximum Gasteiger partial charge on any atom is 0.214 e. The molecule has 104 valence electrons. The summed E-state index contributed by atoms with van der Waals surface area (Å²) < 4.78 is 11.1. The van der Waals surface area contributed by atoms with Crippen molar-refractivity contribution in [1.29, 1.82) is 0 Å². The van der Waals surface area contributed by atoms with Crippen LogP contribution in [0.15, 0.2) is 30.3 Å². The first-order valence-corrected chi connectivity index (χ1v) is 7.05. The first-order valence-electron chi connectivity index (χ1n) is 6.64. The van der Waals surface area contributed by atoms with Gasteiger partial charge in [-0.2, -0.15) is 0 Å². The molecule has 2 aromatic rings. The van der Waals surface area contributed by atoms with E-state index < -0.39 is 0 Å². The zero-order valence-electron chi connectivity index (χ0n) is 11.0. The molecule has 0 radical (unpaired) electrons. The van der Waals surface area contributed by atoms with Crippen molar-refractivity contribution in [2.75, 3.05) is 19.8 Å².